The van der Waals surface area contributed by atoms with Crippen LogP contribution in [0.1, 0.15) is 0 Å². The van der Waals surface area contributed by atoms with Gasteiger partial charge in [0, 0.05) is 17.2 Å². The van der Waals surface area contributed by atoms with Crippen molar-refractivity contribution >= 4 is 46.4 Å². The minimum absolute atomic E-state index is 0.0884. The van der Waals surface area contributed by atoms with E-state index in [1.54, 1.807) is 18.2 Å². The number of halogens is 4. The molecule has 1 aromatic heterocycles. The van der Waals surface area contributed by atoms with Crippen molar-refractivity contribution in [2.75, 3.05) is 0 Å². The second-order valence-corrected chi connectivity index (χ2v) is 4.59. The molecule has 0 amide bonds. The lowest BCUT2D eigenvalue weighted by Crippen LogP contribution is -1.91. The van der Waals surface area contributed by atoms with Gasteiger partial charge in [-0.1, -0.05) is 46.4 Å². The molecule has 1 heterocycles. The molecule has 0 radical (unpaired) electrons. The summed E-state index contributed by atoms with van der Waals surface area (Å²) < 4.78 is 5.47. The molecule has 2 rings (SSSR count). The van der Waals surface area contributed by atoms with Crippen molar-refractivity contribution in [2.24, 2.45) is 0 Å². The molecule has 0 N–H and O–H groups in total. The molecule has 1 aromatic carbocycles. The van der Waals surface area contributed by atoms with Gasteiger partial charge < -0.3 is 4.74 Å². The van der Waals surface area contributed by atoms with E-state index in [0.29, 0.717) is 15.8 Å². The van der Waals surface area contributed by atoms with E-state index in [1.165, 1.54) is 6.07 Å². The lowest BCUT2D eigenvalue weighted by molar-refractivity contribution is 0.479. The molecular formula is C10H4Cl4N2O. The second kappa shape index (κ2) is 5.27. The average Bonchev–Trinajstić information content (AvgIpc) is 2.28. The normalized spacial score (nSPS) is 10.4. The lowest BCUT2D eigenvalue weighted by Gasteiger charge is -2.08. The van der Waals surface area contributed by atoms with Crippen molar-refractivity contribution in [3.8, 4) is 11.5 Å². The van der Waals surface area contributed by atoms with Crippen LogP contribution < -0.4 is 4.74 Å². The molecule has 0 unspecified atom stereocenters. The molecule has 0 spiro atoms. The predicted octanol–water partition coefficient (Wildman–Crippen LogP) is 4.88. The fourth-order valence-corrected chi connectivity index (χ4v) is 1.67. The van der Waals surface area contributed by atoms with Gasteiger partial charge in [-0.15, -0.1) is 10.2 Å². The third-order valence-electron chi connectivity index (χ3n) is 1.80. The Morgan fingerprint density at radius 2 is 1.65 bits per heavy atom. The van der Waals surface area contributed by atoms with Crippen LogP contribution in [0.3, 0.4) is 0 Å². The highest BCUT2D eigenvalue weighted by Crippen LogP contribution is 2.34. The summed E-state index contributed by atoms with van der Waals surface area (Å²) in [6.07, 6.45) is 0. The monoisotopic (exact) mass is 308 g/mol. The molecule has 7 heteroatoms. The predicted molar refractivity (Wildman–Crippen MR) is 68.6 cm³/mol. The van der Waals surface area contributed by atoms with Gasteiger partial charge in [-0.25, -0.2) is 0 Å². The van der Waals surface area contributed by atoms with E-state index in [4.69, 9.17) is 51.1 Å². The Morgan fingerprint density at radius 3 is 2.41 bits per heavy atom. The Bertz CT molecular complexity index is 512. The molecule has 0 saturated carbocycles. The highest BCUT2D eigenvalue weighted by molar-refractivity contribution is 6.34. The van der Waals surface area contributed by atoms with Crippen molar-refractivity contribution in [2.45, 2.75) is 0 Å². The first-order valence-electron chi connectivity index (χ1n) is 4.38. The minimum Gasteiger partial charge on any atom is -0.452 e. The SMILES string of the molecule is Clc1ccc(Cl)c(Oc2cc(Cl)nnc2Cl)c1. The van der Waals surface area contributed by atoms with Crippen molar-refractivity contribution < 1.29 is 4.74 Å². The van der Waals surface area contributed by atoms with E-state index in [2.05, 4.69) is 10.2 Å². The molecule has 0 aliphatic carbocycles. The third kappa shape index (κ3) is 3.13. The Kier molecular flexibility index (Phi) is 3.94. The lowest BCUT2D eigenvalue weighted by atomic mass is 10.3. The largest absolute Gasteiger partial charge is 0.452 e. The van der Waals surface area contributed by atoms with Gasteiger partial charge in [0.25, 0.3) is 0 Å². The van der Waals surface area contributed by atoms with Crippen LogP contribution in [-0.2, 0) is 0 Å². The maximum absolute atomic E-state index is 5.94. The fraction of sp³-hybridized carbons (Fsp3) is 0. The van der Waals surface area contributed by atoms with Crippen LogP contribution in [0.15, 0.2) is 24.3 Å². The Hall–Kier alpha value is -0.740. The minimum atomic E-state index is 0.0884. The van der Waals surface area contributed by atoms with E-state index >= 15 is 0 Å². The number of rotatable bonds is 2. The molecule has 88 valence electrons. The zero-order chi connectivity index (χ0) is 12.4. The van der Waals surface area contributed by atoms with Crippen LogP contribution in [0.4, 0.5) is 0 Å². The molecular weight excluding hydrogens is 306 g/mol. The highest BCUT2D eigenvalue weighted by atomic mass is 35.5. The van der Waals surface area contributed by atoms with Gasteiger partial charge in [-0.05, 0) is 12.1 Å². The van der Waals surface area contributed by atoms with Crippen LogP contribution >= 0.6 is 46.4 Å². The van der Waals surface area contributed by atoms with Gasteiger partial charge in [-0.2, -0.15) is 0 Å². The summed E-state index contributed by atoms with van der Waals surface area (Å²) in [6.45, 7) is 0. The molecule has 0 bridgehead atoms. The summed E-state index contributed by atoms with van der Waals surface area (Å²) in [4.78, 5) is 0. The number of nitrogens with zero attached hydrogens (tertiary/aromatic N) is 2. The Labute approximate surface area is 117 Å². The van der Waals surface area contributed by atoms with Crippen LogP contribution in [0.25, 0.3) is 0 Å². The number of hydrogen-bond donors (Lipinski definition) is 0. The molecule has 0 saturated heterocycles. The van der Waals surface area contributed by atoms with Crippen molar-refractivity contribution in [3.05, 3.63) is 44.6 Å². The first-order valence-corrected chi connectivity index (χ1v) is 5.89. The summed E-state index contributed by atoms with van der Waals surface area (Å²) in [5, 5.41) is 8.33. The quantitative estimate of drug-likeness (QED) is 0.792. The maximum Gasteiger partial charge on any atom is 0.194 e. The Balaban J connectivity index is 2.37. The smallest absolute Gasteiger partial charge is 0.194 e. The molecule has 0 fully saturated rings. The van der Waals surface area contributed by atoms with E-state index in [1.807, 2.05) is 0 Å². The number of benzene rings is 1. The van der Waals surface area contributed by atoms with Crippen molar-refractivity contribution in [1.29, 1.82) is 0 Å². The van der Waals surface area contributed by atoms with Gasteiger partial charge in [0.05, 0.1) is 5.02 Å². The van der Waals surface area contributed by atoms with Gasteiger partial charge in [0.2, 0.25) is 0 Å². The highest BCUT2D eigenvalue weighted by Gasteiger charge is 2.09. The van der Waals surface area contributed by atoms with E-state index < -0.39 is 0 Å². The van der Waals surface area contributed by atoms with Crippen LogP contribution in [0, 0.1) is 0 Å². The van der Waals surface area contributed by atoms with E-state index in [0.717, 1.165) is 0 Å². The van der Waals surface area contributed by atoms with E-state index in [9.17, 15) is 0 Å². The Morgan fingerprint density at radius 1 is 0.882 bits per heavy atom. The fourth-order valence-electron chi connectivity index (χ4n) is 1.08. The number of ether oxygens (including phenoxy) is 1. The molecule has 3 nitrogen and oxygen atoms in total. The molecule has 2 aromatic rings. The van der Waals surface area contributed by atoms with Gasteiger partial charge >= 0.3 is 0 Å². The average molecular weight is 310 g/mol. The van der Waals surface area contributed by atoms with Crippen LogP contribution in [0.2, 0.25) is 20.4 Å². The van der Waals surface area contributed by atoms with Gasteiger partial charge in [0.15, 0.2) is 16.1 Å². The third-order valence-corrected chi connectivity index (χ3v) is 2.79. The van der Waals surface area contributed by atoms with Crippen LogP contribution in [0.5, 0.6) is 11.5 Å². The summed E-state index contributed by atoms with van der Waals surface area (Å²) >= 11 is 23.3. The van der Waals surface area contributed by atoms with E-state index in [-0.39, 0.29) is 16.1 Å². The molecule has 17 heavy (non-hydrogen) atoms. The summed E-state index contributed by atoms with van der Waals surface area (Å²) in [5.41, 5.74) is 0. The summed E-state index contributed by atoms with van der Waals surface area (Å²) in [6, 6.07) is 6.27. The van der Waals surface area contributed by atoms with Gasteiger partial charge in [0.1, 0.15) is 5.75 Å². The first-order chi connectivity index (χ1) is 8.06. The maximum atomic E-state index is 5.94. The zero-order valence-corrected chi connectivity index (χ0v) is 11.1. The second-order valence-electron chi connectivity index (χ2n) is 3.00. The van der Waals surface area contributed by atoms with Crippen molar-refractivity contribution in [1.82, 2.24) is 10.2 Å². The first kappa shape index (κ1) is 12.7. The zero-order valence-electron chi connectivity index (χ0n) is 8.12. The van der Waals surface area contributed by atoms with Crippen molar-refractivity contribution in [3.63, 3.8) is 0 Å². The standard InChI is InChI=1S/C10H4Cl4N2O/c11-5-1-2-6(12)7(3-5)17-8-4-9(13)15-16-10(8)14/h1-4H. The molecule has 0 aliphatic heterocycles. The van der Waals surface area contributed by atoms with Crippen LogP contribution in [-0.4, -0.2) is 10.2 Å². The summed E-state index contributed by atoms with van der Waals surface area (Å²) in [5.74, 6) is 0.626. The number of aromatic nitrogens is 2. The van der Waals surface area contributed by atoms with Gasteiger partial charge in [-0.3, -0.25) is 0 Å². The topological polar surface area (TPSA) is 35.0 Å². The molecule has 0 atom stereocenters. The summed E-state index contributed by atoms with van der Waals surface area (Å²) in [7, 11) is 0. The molecule has 0 aliphatic rings. The number of hydrogen-bond acceptors (Lipinski definition) is 3.